The van der Waals surface area contributed by atoms with Crippen LogP contribution in [0.2, 0.25) is 5.02 Å². The molecule has 0 saturated heterocycles. The molecule has 0 saturated carbocycles. The van der Waals surface area contributed by atoms with Gasteiger partial charge in [-0.1, -0.05) is 23.7 Å². The fourth-order valence-corrected chi connectivity index (χ4v) is 2.92. The normalized spacial score (nSPS) is 10.4. The van der Waals surface area contributed by atoms with Crippen LogP contribution >= 0.6 is 11.6 Å². The van der Waals surface area contributed by atoms with Crippen molar-refractivity contribution in [3.05, 3.63) is 65.3 Å². The molecule has 3 rings (SSSR count). The lowest BCUT2D eigenvalue weighted by molar-refractivity contribution is 0.324. The highest BCUT2D eigenvalue weighted by Gasteiger charge is 2.16. The summed E-state index contributed by atoms with van der Waals surface area (Å²) in [5.41, 5.74) is 3.69. The van der Waals surface area contributed by atoms with Gasteiger partial charge in [-0.2, -0.15) is 0 Å². The molecule has 0 aliphatic rings. The van der Waals surface area contributed by atoms with Crippen LogP contribution in [-0.2, 0) is 6.54 Å². The Morgan fingerprint density at radius 2 is 1.59 bits per heavy atom. The van der Waals surface area contributed by atoms with Crippen LogP contribution < -0.4 is 19.5 Å². The van der Waals surface area contributed by atoms with Gasteiger partial charge in [0, 0.05) is 23.3 Å². The molecule has 0 unspecified atom stereocenters. The van der Waals surface area contributed by atoms with E-state index in [2.05, 4.69) is 10.3 Å². The molecule has 0 aliphatic carbocycles. The minimum absolute atomic E-state index is 0.551. The fourth-order valence-electron chi connectivity index (χ4n) is 2.80. The van der Waals surface area contributed by atoms with Gasteiger partial charge in [0.05, 0.1) is 32.7 Å². The van der Waals surface area contributed by atoms with Gasteiger partial charge in [-0.05, 0) is 42.0 Å². The van der Waals surface area contributed by atoms with E-state index in [1.807, 2.05) is 48.5 Å². The van der Waals surface area contributed by atoms with E-state index < -0.39 is 0 Å². The summed E-state index contributed by atoms with van der Waals surface area (Å²) in [6.07, 6.45) is 1.76. The quantitative estimate of drug-likeness (QED) is 0.618. The summed E-state index contributed by atoms with van der Waals surface area (Å²) in [4.78, 5) is 4.55. The van der Waals surface area contributed by atoms with Crippen LogP contribution in [0.15, 0.2) is 54.7 Å². The van der Waals surface area contributed by atoms with Crippen molar-refractivity contribution in [1.29, 1.82) is 0 Å². The SMILES string of the molecule is COc1cc(-c2ncccc2NCc2ccc(Cl)cc2)cc(OC)c1OC. The number of benzene rings is 2. The first-order valence-electron chi connectivity index (χ1n) is 8.40. The van der Waals surface area contributed by atoms with E-state index in [1.54, 1.807) is 27.5 Å². The van der Waals surface area contributed by atoms with Gasteiger partial charge in [-0.25, -0.2) is 0 Å². The molecule has 0 aliphatic heterocycles. The molecular weight excluding hydrogens is 364 g/mol. The van der Waals surface area contributed by atoms with E-state index in [0.717, 1.165) is 27.5 Å². The van der Waals surface area contributed by atoms with Gasteiger partial charge in [-0.15, -0.1) is 0 Å². The fraction of sp³-hybridized carbons (Fsp3) is 0.190. The third kappa shape index (κ3) is 4.26. The molecule has 5 nitrogen and oxygen atoms in total. The van der Waals surface area contributed by atoms with E-state index in [0.29, 0.717) is 23.8 Å². The van der Waals surface area contributed by atoms with Crippen molar-refractivity contribution in [2.75, 3.05) is 26.6 Å². The summed E-state index contributed by atoms with van der Waals surface area (Å²) >= 11 is 5.95. The number of ether oxygens (including phenoxy) is 3. The van der Waals surface area contributed by atoms with Gasteiger partial charge < -0.3 is 19.5 Å². The third-order valence-corrected chi connectivity index (χ3v) is 4.39. The maximum Gasteiger partial charge on any atom is 0.203 e. The van der Waals surface area contributed by atoms with Crippen LogP contribution in [0.1, 0.15) is 5.56 Å². The smallest absolute Gasteiger partial charge is 0.203 e. The van der Waals surface area contributed by atoms with E-state index >= 15 is 0 Å². The Kier molecular flexibility index (Phi) is 6.04. The number of pyridine rings is 1. The molecule has 0 fully saturated rings. The zero-order valence-corrected chi connectivity index (χ0v) is 16.2. The standard InChI is InChI=1S/C21H21ClN2O3/c1-25-18-11-15(12-19(26-2)21(18)27-3)20-17(5-4-10-23-20)24-13-14-6-8-16(22)9-7-14/h4-12,24H,13H2,1-3H3. The highest BCUT2D eigenvalue weighted by molar-refractivity contribution is 6.30. The summed E-state index contributed by atoms with van der Waals surface area (Å²) in [7, 11) is 4.78. The minimum atomic E-state index is 0.551. The minimum Gasteiger partial charge on any atom is -0.493 e. The average molecular weight is 385 g/mol. The molecule has 27 heavy (non-hydrogen) atoms. The summed E-state index contributed by atoms with van der Waals surface area (Å²) in [6, 6.07) is 15.4. The van der Waals surface area contributed by atoms with Crippen molar-refractivity contribution in [1.82, 2.24) is 4.98 Å². The molecular formula is C21H21ClN2O3. The molecule has 0 atom stereocenters. The first-order chi connectivity index (χ1) is 13.2. The summed E-state index contributed by atoms with van der Waals surface area (Å²) in [6.45, 7) is 0.653. The number of methoxy groups -OCH3 is 3. The highest BCUT2D eigenvalue weighted by atomic mass is 35.5. The molecule has 6 heteroatoms. The zero-order chi connectivity index (χ0) is 19.2. The van der Waals surface area contributed by atoms with Gasteiger partial charge in [0.2, 0.25) is 5.75 Å². The van der Waals surface area contributed by atoms with E-state index in [9.17, 15) is 0 Å². The van der Waals surface area contributed by atoms with E-state index in [-0.39, 0.29) is 0 Å². The van der Waals surface area contributed by atoms with Crippen LogP contribution in [0.5, 0.6) is 17.2 Å². The molecule has 3 aromatic rings. The number of nitrogens with one attached hydrogen (secondary N) is 1. The Morgan fingerprint density at radius 3 is 2.19 bits per heavy atom. The predicted molar refractivity (Wildman–Crippen MR) is 108 cm³/mol. The second-order valence-electron chi connectivity index (χ2n) is 5.79. The molecule has 0 spiro atoms. The largest absolute Gasteiger partial charge is 0.493 e. The molecule has 1 aromatic heterocycles. The second kappa shape index (κ2) is 8.64. The first kappa shape index (κ1) is 18.9. The number of rotatable bonds is 7. The van der Waals surface area contributed by atoms with E-state index in [1.165, 1.54) is 0 Å². The van der Waals surface area contributed by atoms with Gasteiger partial charge in [0.25, 0.3) is 0 Å². The van der Waals surface area contributed by atoms with Crippen molar-refractivity contribution in [2.45, 2.75) is 6.54 Å². The Hall–Kier alpha value is -2.92. The Bertz CT molecular complexity index is 889. The number of hydrogen-bond donors (Lipinski definition) is 1. The molecule has 1 N–H and O–H groups in total. The number of nitrogens with zero attached hydrogens (tertiary/aromatic N) is 1. The van der Waals surface area contributed by atoms with Crippen molar-refractivity contribution in [3.8, 4) is 28.5 Å². The van der Waals surface area contributed by atoms with Crippen molar-refractivity contribution in [2.24, 2.45) is 0 Å². The second-order valence-corrected chi connectivity index (χ2v) is 6.23. The molecule has 1 heterocycles. The monoisotopic (exact) mass is 384 g/mol. The molecule has 0 radical (unpaired) electrons. The first-order valence-corrected chi connectivity index (χ1v) is 8.77. The van der Waals surface area contributed by atoms with Crippen molar-refractivity contribution < 1.29 is 14.2 Å². The van der Waals surface area contributed by atoms with E-state index in [4.69, 9.17) is 25.8 Å². The van der Waals surface area contributed by atoms with Crippen LogP contribution in [-0.4, -0.2) is 26.3 Å². The number of aromatic nitrogens is 1. The summed E-state index contributed by atoms with van der Waals surface area (Å²) < 4.78 is 16.3. The maximum absolute atomic E-state index is 5.95. The van der Waals surface area contributed by atoms with Crippen LogP contribution in [0.3, 0.4) is 0 Å². The lowest BCUT2D eigenvalue weighted by atomic mass is 10.1. The van der Waals surface area contributed by atoms with Crippen LogP contribution in [0, 0.1) is 0 Å². The van der Waals surface area contributed by atoms with Gasteiger partial charge >= 0.3 is 0 Å². The maximum atomic E-state index is 5.95. The predicted octanol–water partition coefficient (Wildman–Crippen LogP) is 5.04. The Morgan fingerprint density at radius 1 is 0.926 bits per heavy atom. The third-order valence-electron chi connectivity index (χ3n) is 4.14. The summed E-state index contributed by atoms with van der Waals surface area (Å²) in [5, 5.41) is 4.15. The van der Waals surface area contributed by atoms with Crippen LogP contribution in [0.25, 0.3) is 11.3 Å². The molecule has 2 aromatic carbocycles. The zero-order valence-electron chi connectivity index (χ0n) is 15.5. The Balaban J connectivity index is 1.94. The molecule has 0 amide bonds. The highest BCUT2D eigenvalue weighted by Crippen LogP contribution is 2.42. The molecule has 140 valence electrons. The van der Waals surface area contributed by atoms with Gasteiger partial charge in [0.1, 0.15) is 0 Å². The topological polar surface area (TPSA) is 52.6 Å². The average Bonchev–Trinajstić information content (AvgIpc) is 2.72. The lowest BCUT2D eigenvalue weighted by Crippen LogP contribution is -2.02. The Labute approximate surface area is 163 Å². The lowest BCUT2D eigenvalue weighted by Gasteiger charge is -2.16. The van der Waals surface area contributed by atoms with Gasteiger partial charge in [0.15, 0.2) is 11.5 Å². The number of hydrogen-bond acceptors (Lipinski definition) is 5. The number of halogens is 1. The van der Waals surface area contributed by atoms with Crippen LogP contribution in [0.4, 0.5) is 5.69 Å². The number of anilines is 1. The van der Waals surface area contributed by atoms with Gasteiger partial charge in [-0.3, -0.25) is 4.98 Å². The molecule has 0 bridgehead atoms. The van der Waals surface area contributed by atoms with Crippen molar-refractivity contribution >= 4 is 17.3 Å². The van der Waals surface area contributed by atoms with Crippen molar-refractivity contribution in [3.63, 3.8) is 0 Å². The summed E-state index contributed by atoms with van der Waals surface area (Å²) in [5.74, 6) is 1.72.